The van der Waals surface area contributed by atoms with Gasteiger partial charge in [0.05, 0.1) is 30.7 Å². The number of anilines is 2. The molecule has 0 atom stereocenters. The number of ether oxygens (including phenoxy) is 2. The van der Waals surface area contributed by atoms with Gasteiger partial charge in [-0.05, 0) is 30.7 Å². The molecule has 7 nitrogen and oxygen atoms in total. The summed E-state index contributed by atoms with van der Waals surface area (Å²) < 4.78 is 9.62. The first-order valence-corrected chi connectivity index (χ1v) is 10.3. The summed E-state index contributed by atoms with van der Waals surface area (Å²) in [5, 5.41) is 6.14. The Balaban J connectivity index is 1.82. The summed E-state index contributed by atoms with van der Waals surface area (Å²) in [5.74, 6) is -0.547. The monoisotopic (exact) mass is 433 g/mol. The van der Waals surface area contributed by atoms with Crippen molar-refractivity contribution in [2.75, 3.05) is 19.5 Å². The summed E-state index contributed by atoms with van der Waals surface area (Å²) in [7, 11) is 2.57. The van der Waals surface area contributed by atoms with Crippen molar-refractivity contribution >= 4 is 45.0 Å². The molecule has 0 bridgehead atoms. The van der Waals surface area contributed by atoms with Crippen LogP contribution in [0.2, 0.25) is 0 Å². The number of aryl methyl sites for hydroxylation is 1. The maximum atomic E-state index is 12.1. The summed E-state index contributed by atoms with van der Waals surface area (Å²) in [5.41, 5.74) is 4.18. The summed E-state index contributed by atoms with van der Waals surface area (Å²) in [6.07, 6.45) is 1.48. The molecule has 156 valence electrons. The molecule has 0 fully saturated rings. The lowest BCUT2D eigenvalue weighted by Crippen LogP contribution is -2.08. The van der Waals surface area contributed by atoms with Crippen molar-refractivity contribution in [2.45, 2.75) is 6.92 Å². The first-order valence-electron chi connectivity index (χ1n) is 9.38. The van der Waals surface area contributed by atoms with E-state index in [0.29, 0.717) is 11.5 Å². The lowest BCUT2D eigenvalue weighted by atomic mass is 10.0. The van der Waals surface area contributed by atoms with Gasteiger partial charge in [-0.3, -0.25) is 0 Å². The number of thiophene rings is 1. The lowest BCUT2D eigenvalue weighted by Gasteiger charge is -2.11. The highest BCUT2D eigenvalue weighted by molar-refractivity contribution is 7.17. The summed E-state index contributed by atoms with van der Waals surface area (Å²) in [6, 6.07) is 12.9. The average Bonchev–Trinajstić information content (AvgIpc) is 3.23. The Morgan fingerprint density at radius 3 is 2.19 bits per heavy atom. The van der Waals surface area contributed by atoms with Crippen LogP contribution >= 0.6 is 11.3 Å². The predicted octanol–water partition coefficient (Wildman–Crippen LogP) is 4.98. The van der Waals surface area contributed by atoms with E-state index in [2.05, 4.69) is 39.6 Å². The molecular formula is C23H19N3O4S. The highest BCUT2D eigenvalue weighted by Gasteiger charge is 2.17. The third kappa shape index (κ3) is 4.10. The van der Waals surface area contributed by atoms with Gasteiger partial charge in [-0.1, -0.05) is 29.8 Å². The number of carbonyl (C=O) groups is 2. The van der Waals surface area contributed by atoms with Crippen LogP contribution in [0.5, 0.6) is 0 Å². The molecule has 0 aliphatic heterocycles. The van der Waals surface area contributed by atoms with Crippen LogP contribution in [0, 0.1) is 6.92 Å². The fourth-order valence-corrected chi connectivity index (χ4v) is 4.14. The predicted molar refractivity (Wildman–Crippen MR) is 120 cm³/mol. The Morgan fingerprint density at radius 1 is 0.935 bits per heavy atom. The summed E-state index contributed by atoms with van der Waals surface area (Å²) in [6.45, 7) is 2.04. The van der Waals surface area contributed by atoms with Gasteiger partial charge in [-0.15, -0.1) is 11.3 Å². The number of carbonyl (C=O) groups excluding carboxylic acids is 2. The Labute approximate surface area is 182 Å². The molecule has 8 heteroatoms. The lowest BCUT2D eigenvalue weighted by molar-refractivity contribution is 0.0599. The van der Waals surface area contributed by atoms with E-state index in [0.717, 1.165) is 21.3 Å². The molecule has 0 saturated heterocycles. The van der Waals surface area contributed by atoms with E-state index in [4.69, 9.17) is 9.47 Å². The Morgan fingerprint density at radius 2 is 1.58 bits per heavy atom. The van der Waals surface area contributed by atoms with Crippen LogP contribution in [-0.4, -0.2) is 36.1 Å². The molecule has 31 heavy (non-hydrogen) atoms. The van der Waals surface area contributed by atoms with Crippen LogP contribution in [0.3, 0.4) is 0 Å². The number of benzene rings is 2. The number of hydrogen-bond acceptors (Lipinski definition) is 8. The minimum Gasteiger partial charge on any atom is -0.465 e. The van der Waals surface area contributed by atoms with E-state index in [-0.39, 0.29) is 11.1 Å². The number of nitrogens with zero attached hydrogens (tertiary/aromatic N) is 2. The highest BCUT2D eigenvalue weighted by atomic mass is 32.1. The Hall–Kier alpha value is -3.78. The third-order valence-corrected chi connectivity index (χ3v) is 5.66. The molecule has 4 aromatic rings. The first kappa shape index (κ1) is 20.5. The van der Waals surface area contributed by atoms with E-state index >= 15 is 0 Å². The molecule has 0 radical (unpaired) electrons. The first-order chi connectivity index (χ1) is 15.0. The van der Waals surface area contributed by atoms with Gasteiger partial charge in [0, 0.05) is 16.6 Å². The maximum absolute atomic E-state index is 12.1. The number of fused-ring (bicyclic) bond motifs is 1. The second kappa shape index (κ2) is 8.53. The highest BCUT2D eigenvalue weighted by Crippen LogP contribution is 2.37. The van der Waals surface area contributed by atoms with Crippen molar-refractivity contribution in [2.24, 2.45) is 0 Å². The molecule has 0 aliphatic carbocycles. The molecule has 2 heterocycles. The van der Waals surface area contributed by atoms with Crippen LogP contribution in [0.4, 0.5) is 11.5 Å². The van der Waals surface area contributed by atoms with Gasteiger partial charge in [0.25, 0.3) is 0 Å². The number of nitrogens with one attached hydrogen (secondary N) is 1. The molecule has 0 unspecified atom stereocenters. The van der Waals surface area contributed by atoms with Gasteiger partial charge in [0.15, 0.2) is 0 Å². The smallest absolute Gasteiger partial charge is 0.337 e. The van der Waals surface area contributed by atoms with Crippen molar-refractivity contribution in [3.05, 3.63) is 70.9 Å². The van der Waals surface area contributed by atoms with E-state index < -0.39 is 11.9 Å². The van der Waals surface area contributed by atoms with Gasteiger partial charge < -0.3 is 14.8 Å². The Kier molecular flexibility index (Phi) is 5.64. The zero-order valence-electron chi connectivity index (χ0n) is 17.1. The minimum absolute atomic E-state index is 0.224. The van der Waals surface area contributed by atoms with Crippen molar-refractivity contribution in [1.82, 2.24) is 9.97 Å². The van der Waals surface area contributed by atoms with Crippen LogP contribution in [0.1, 0.15) is 26.3 Å². The molecule has 1 N–H and O–H groups in total. The number of aromatic nitrogens is 2. The van der Waals surface area contributed by atoms with Crippen molar-refractivity contribution in [3.63, 3.8) is 0 Å². The van der Waals surface area contributed by atoms with E-state index in [1.165, 1.54) is 43.5 Å². The molecule has 0 saturated carbocycles. The van der Waals surface area contributed by atoms with Crippen molar-refractivity contribution in [1.29, 1.82) is 0 Å². The second-order valence-electron chi connectivity index (χ2n) is 6.83. The fraction of sp³-hybridized carbons (Fsp3) is 0.130. The molecule has 2 aromatic heterocycles. The van der Waals surface area contributed by atoms with E-state index in [1.807, 2.05) is 12.3 Å². The van der Waals surface area contributed by atoms with Crippen LogP contribution < -0.4 is 5.32 Å². The number of methoxy groups -OCH3 is 2. The zero-order chi connectivity index (χ0) is 22.0. The summed E-state index contributed by atoms with van der Waals surface area (Å²) in [4.78, 5) is 33.8. The molecule has 2 aromatic carbocycles. The van der Waals surface area contributed by atoms with E-state index in [1.54, 1.807) is 12.1 Å². The van der Waals surface area contributed by atoms with E-state index in [9.17, 15) is 9.59 Å². The molecule has 0 amide bonds. The number of esters is 2. The minimum atomic E-state index is -0.558. The average molecular weight is 433 g/mol. The molecule has 4 rings (SSSR count). The third-order valence-electron chi connectivity index (χ3n) is 4.77. The maximum Gasteiger partial charge on any atom is 0.337 e. The van der Waals surface area contributed by atoms with Crippen molar-refractivity contribution in [3.8, 4) is 11.1 Å². The van der Waals surface area contributed by atoms with Crippen LogP contribution in [0.15, 0.2) is 54.2 Å². The van der Waals surface area contributed by atoms with Crippen LogP contribution in [-0.2, 0) is 9.47 Å². The normalized spacial score (nSPS) is 10.7. The van der Waals surface area contributed by atoms with Gasteiger partial charge in [-0.2, -0.15) is 0 Å². The van der Waals surface area contributed by atoms with Gasteiger partial charge in [0.1, 0.15) is 17.0 Å². The number of hydrogen-bond donors (Lipinski definition) is 1. The van der Waals surface area contributed by atoms with Gasteiger partial charge >= 0.3 is 11.9 Å². The SMILES string of the molecule is COC(=O)c1cc(Nc2ncnc3scc(-c4ccc(C)cc4)c23)cc(C(=O)OC)c1. The Bertz CT molecular complexity index is 1250. The fourth-order valence-electron chi connectivity index (χ4n) is 3.22. The second-order valence-corrected chi connectivity index (χ2v) is 7.68. The largest absolute Gasteiger partial charge is 0.465 e. The van der Waals surface area contributed by atoms with Gasteiger partial charge in [-0.25, -0.2) is 19.6 Å². The zero-order valence-corrected chi connectivity index (χ0v) is 17.9. The molecular weight excluding hydrogens is 414 g/mol. The van der Waals surface area contributed by atoms with Crippen LogP contribution in [0.25, 0.3) is 21.3 Å². The van der Waals surface area contributed by atoms with Crippen molar-refractivity contribution < 1.29 is 19.1 Å². The quantitative estimate of drug-likeness (QED) is 0.444. The van der Waals surface area contributed by atoms with Gasteiger partial charge in [0.2, 0.25) is 0 Å². The molecule has 0 aliphatic rings. The standard InChI is InChI=1S/C23H19N3O4S/c1-13-4-6-14(7-5-13)18-11-31-21-19(18)20(24-12-25-21)26-17-9-15(22(27)29-2)8-16(10-17)23(28)30-3/h4-12H,1-3H3,(H,24,25,26). The molecule has 0 spiro atoms. The topological polar surface area (TPSA) is 90.4 Å². The summed E-state index contributed by atoms with van der Waals surface area (Å²) >= 11 is 1.52. The number of rotatable bonds is 5.